The number of carbonyl (C=O) groups is 1. The Bertz CT molecular complexity index is 878. The van der Waals surface area contributed by atoms with Gasteiger partial charge in [0.05, 0.1) is 6.42 Å². The van der Waals surface area contributed by atoms with Crippen LogP contribution < -0.4 is 10.1 Å². The van der Waals surface area contributed by atoms with Crippen molar-refractivity contribution < 1.29 is 22.7 Å². The Morgan fingerprint density at radius 3 is 2.58 bits per heavy atom. The lowest BCUT2D eigenvalue weighted by molar-refractivity contribution is -0.274. The summed E-state index contributed by atoms with van der Waals surface area (Å²) < 4.78 is 40.7. The number of carbonyl (C=O) groups excluding carboxylic acids is 1. The van der Waals surface area contributed by atoms with Gasteiger partial charge in [-0.2, -0.15) is 0 Å². The number of nitrogens with one attached hydrogen (secondary N) is 1. The number of hydrogen-bond donors (Lipinski definition) is 1. The van der Waals surface area contributed by atoms with Crippen LogP contribution in [0.1, 0.15) is 63.4 Å². The molecule has 3 aliphatic heterocycles. The van der Waals surface area contributed by atoms with Crippen LogP contribution in [-0.2, 0) is 11.2 Å². The number of unbranched alkanes of at least 4 members (excludes halogenated alkanes) is 1. The van der Waals surface area contributed by atoms with E-state index in [1.165, 1.54) is 88.8 Å². The Balaban J connectivity index is 1.03. The first-order chi connectivity index (χ1) is 17.4. The molecule has 1 amide bonds. The Morgan fingerprint density at radius 2 is 1.78 bits per heavy atom. The molecule has 4 fully saturated rings. The Kier molecular flexibility index (Phi) is 8.11. The summed E-state index contributed by atoms with van der Waals surface area (Å²) in [5.41, 5.74) is 0.667. The molecule has 0 spiro atoms. The average Bonchev–Trinajstić information content (AvgIpc) is 2.84. The average molecular weight is 508 g/mol. The molecule has 0 radical (unpaired) electrons. The van der Waals surface area contributed by atoms with Crippen LogP contribution in [0, 0.1) is 17.8 Å². The first kappa shape index (κ1) is 25.8. The molecule has 1 saturated carbocycles. The minimum atomic E-state index is -4.71. The number of amides is 1. The van der Waals surface area contributed by atoms with E-state index in [1.807, 2.05) is 0 Å². The predicted octanol–water partition coefficient (Wildman–Crippen LogP) is 5.00. The fourth-order valence-electron chi connectivity index (χ4n) is 7.69. The highest BCUT2D eigenvalue weighted by atomic mass is 19.4. The molecule has 2 bridgehead atoms. The number of fused-ring (bicyclic) bond motifs is 6. The van der Waals surface area contributed by atoms with Gasteiger partial charge in [0.2, 0.25) is 5.91 Å². The van der Waals surface area contributed by atoms with Gasteiger partial charge >= 0.3 is 6.36 Å². The molecule has 1 N–H and O–H groups in total. The van der Waals surface area contributed by atoms with E-state index >= 15 is 0 Å². The van der Waals surface area contributed by atoms with E-state index in [9.17, 15) is 18.0 Å². The lowest BCUT2D eigenvalue weighted by atomic mass is 9.62. The second-order valence-electron chi connectivity index (χ2n) is 11.4. The van der Waals surface area contributed by atoms with Crippen molar-refractivity contribution >= 4 is 5.91 Å². The second kappa shape index (κ2) is 11.3. The van der Waals surface area contributed by atoms with Crippen LogP contribution in [0.15, 0.2) is 24.3 Å². The quantitative estimate of drug-likeness (QED) is 0.503. The van der Waals surface area contributed by atoms with Crippen molar-refractivity contribution in [2.24, 2.45) is 17.8 Å². The molecule has 5 nitrogen and oxygen atoms in total. The summed E-state index contributed by atoms with van der Waals surface area (Å²) in [4.78, 5) is 17.9. The van der Waals surface area contributed by atoms with Gasteiger partial charge in [-0.3, -0.25) is 14.6 Å². The third-order valence-electron chi connectivity index (χ3n) is 9.01. The van der Waals surface area contributed by atoms with Crippen molar-refractivity contribution in [1.29, 1.82) is 0 Å². The van der Waals surface area contributed by atoms with Crippen molar-refractivity contribution in [2.45, 2.75) is 82.7 Å². The highest BCUT2D eigenvalue weighted by Gasteiger charge is 2.49. The number of nitrogens with zero attached hydrogens (tertiary/aromatic N) is 2. The molecular weight excluding hydrogens is 467 g/mol. The minimum Gasteiger partial charge on any atom is -0.406 e. The smallest absolute Gasteiger partial charge is 0.406 e. The second-order valence-corrected chi connectivity index (χ2v) is 11.4. The monoisotopic (exact) mass is 507 g/mol. The fourth-order valence-corrected chi connectivity index (χ4v) is 7.69. The molecule has 3 saturated heterocycles. The lowest BCUT2D eigenvalue weighted by Crippen LogP contribution is -2.62. The van der Waals surface area contributed by atoms with E-state index in [2.05, 4.69) is 19.9 Å². The van der Waals surface area contributed by atoms with Gasteiger partial charge in [-0.25, -0.2) is 0 Å². The summed E-state index contributed by atoms with van der Waals surface area (Å²) in [6, 6.07) is 7.09. The van der Waals surface area contributed by atoms with Gasteiger partial charge in [-0.1, -0.05) is 18.6 Å². The van der Waals surface area contributed by atoms with Gasteiger partial charge in [0.25, 0.3) is 0 Å². The zero-order valence-corrected chi connectivity index (χ0v) is 21.1. The van der Waals surface area contributed by atoms with E-state index in [-0.39, 0.29) is 18.1 Å². The van der Waals surface area contributed by atoms with Gasteiger partial charge in [0.15, 0.2) is 0 Å². The van der Waals surface area contributed by atoms with Crippen LogP contribution in [-0.4, -0.2) is 66.9 Å². The summed E-state index contributed by atoms with van der Waals surface area (Å²) in [6.45, 7) is 5.57. The Labute approximate surface area is 212 Å². The molecule has 1 aromatic rings. The summed E-state index contributed by atoms with van der Waals surface area (Å²) in [6.07, 6.45) is 7.26. The number of rotatable bonds is 8. The van der Waals surface area contributed by atoms with Crippen LogP contribution in [0.3, 0.4) is 0 Å². The number of benzene rings is 1. The zero-order valence-electron chi connectivity index (χ0n) is 21.1. The number of likely N-dealkylation sites (tertiary alicyclic amines) is 1. The van der Waals surface area contributed by atoms with Crippen LogP contribution in [0.5, 0.6) is 5.75 Å². The predicted molar refractivity (Wildman–Crippen MR) is 133 cm³/mol. The number of hydrogen-bond acceptors (Lipinski definition) is 4. The van der Waals surface area contributed by atoms with Gasteiger partial charge in [0, 0.05) is 25.2 Å². The van der Waals surface area contributed by atoms with Crippen molar-refractivity contribution in [3.63, 3.8) is 0 Å². The fraction of sp³-hybridized carbons (Fsp3) is 0.750. The first-order valence-electron chi connectivity index (χ1n) is 14.0. The van der Waals surface area contributed by atoms with Crippen molar-refractivity contribution in [1.82, 2.24) is 15.1 Å². The van der Waals surface area contributed by atoms with Crippen molar-refractivity contribution in [3.05, 3.63) is 29.8 Å². The maximum atomic E-state index is 12.3. The zero-order chi connectivity index (χ0) is 25.1. The molecule has 1 aromatic carbocycles. The third kappa shape index (κ3) is 6.36. The van der Waals surface area contributed by atoms with E-state index in [4.69, 9.17) is 0 Å². The standard InChI is InChI=1S/C28H40F3N3O2/c29-28(30,31)36-24-10-8-20(9-11-24)16-26(35)32-12-2-4-13-33-15-5-6-21-17-22-18-23(27(21)33)19-34-14-3-1-7-25(22)34/h8-11,21-23,25,27H,1-7,12-19H2,(H,32,35)/t21?,22-,23+,25+,27+/m0/s1. The highest BCUT2D eigenvalue weighted by molar-refractivity contribution is 5.78. The maximum absolute atomic E-state index is 12.3. The van der Waals surface area contributed by atoms with Crippen LogP contribution >= 0.6 is 0 Å². The van der Waals surface area contributed by atoms with Gasteiger partial charge < -0.3 is 10.1 Å². The summed E-state index contributed by atoms with van der Waals surface area (Å²) in [7, 11) is 0. The van der Waals surface area contributed by atoms with Gasteiger partial charge in [-0.15, -0.1) is 13.2 Å². The van der Waals surface area contributed by atoms with E-state index < -0.39 is 6.36 Å². The molecule has 1 unspecified atom stereocenters. The van der Waals surface area contributed by atoms with Crippen LogP contribution in [0.2, 0.25) is 0 Å². The SMILES string of the molecule is O=C(Cc1ccc(OC(F)(F)F)cc1)NCCCCN1CCCC2C[C@H]3C[C@H](CN4CCCC[C@H]34)[C@@H]21. The molecule has 3 heterocycles. The van der Waals surface area contributed by atoms with E-state index in [0.717, 1.165) is 49.2 Å². The Morgan fingerprint density at radius 1 is 0.972 bits per heavy atom. The summed E-state index contributed by atoms with van der Waals surface area (Å²) in [5, 5.41) is 2.97. The molecule has 4 aliphatic rings. The van der Waals surface area contributed by atoms with Gasteiger partial charge in [0.1, 0.15) is 5.75 Å². The topological polar surface area (TPSA) is 44.8 Å². The number of halogens is 3. The number of alkyl halides is 3. The minimum absolute atomic E-state index is 0.103. The summed E-state index contributed by atoms with van der Waals surface area (Å²) >= 11 is 0. The molecule has 8 heteroatoms. The first-order valence-corrected chi connectivity index (χ1v) is 14.0. The number of piperidine rings is 3. The molecule has 5 rings (SSSR count). The highest BCUT2D eigenvalue weighted by Crippen LogP contribution is 2.48. The van der Waals surface area contributed by atoms with Gasteiger partial charge in [-0.05, 0) is 106 Å². The third-order valence-corrected chi connectivity index (χ3v) is 9.01. The molecular formula is C28H40F3N3O2. The number of ether oxygens (including phenoxy) is 1. The van der Waals surface area contributed by atoms with Crippen molar-refractivity contribution in [3.8, 4) is 5.75 Å². The Hall–Kier alpha value is -1.80. The summed E-state index contributed by atoms with van der Waals surface area (Å²) in [5.74, 6) is 2.25. The molecule has 200 valence electrons. The van der Waals surface area contributed by atoms with Crippen LogP contribution in [0.4, 0.5) is 13.2 Å². The molecule has 36 heavy (non-hydrogen) atoms. The lowest BCUT2D eigenvalue weighted by Gasteiger charge is -2.58. The molecule has 1 aliphatic carbocycles. The van der Waals surface area contributed by atoms with Crippen LogP contribution in [0.25, 0.3) is 0 Å². The maximum Gasteiger partial charge on any atom is 0.573 e. The molecule has 0 aromatic heterocycles. The van der Waals surface area contributed by atoms with E-state index in [1.54, 1.807) is 0 Å². The normalized spacial score (nSPS) is 30.8. The van der Waals surface area contributed by atoms with E-state index in [0.29, 0.717) is 12.1 Å². The molecule has 5 atom stereocenters. The van der Waals surface area contributed by atoms with Crippen molar-refractivity contribution in [2.75, 3.05) is 32.7 Å². The largest absolute Gasteiger partial charge is 0.573 e.